The van der Waals surface area contributed by atoms with Crippen molar-refractivity contribution in [2.75, 3.05) is 0 Å². The third-order valence-electron chi connectivity index (χ3n) is 3.88. The SMILES string of the molecule is CC(C[C@@](C)(NC(=O)[C@H](N)Cc1ccccc1)C(=O)O)C(=O)O.O=C(O)C(F)(F)F. The van der Waals surface area contributed by atoms with E-state index in [9.17, 15) is 32.7 Å². The zero-order chi connectivity index (χ0) is 23.7. The van der Waals surface area contributed by atoms with Crippen LogP contribution in [0.3, 0.4) is 0 Å². The van der Waals surface area contributed by atoms with Gasteiger partial charge in [0.25, 0.3) is 0 Å². The summed E-state index contributed by atoms with van der Waals surface area (Å²) in [6.07, 6.45) is -5.06. The Balaban J connectivity index is 0.00000103. The molecule has 3 atom stereocenters. The number of carboxylic acids is 3. The van der Waals surface area contributed by atoms with Gasteiger partial charge in [-0.25, -0.2) is 9.59 Å². The number of rotatable bonds is 8. The number of amides is 1. The van der Waals surface area contributed by atoms with Crippen LogP contribution in [0, 0.1) is 5.92 Å². The highest BCUT2D eigenvalue weighted by Gasteiger charge is 2.39. The van der Waals surface area contributed by atoms with E-state index in [2.05, 4.69) is 5.32 Å². The molecule has 6 N–H and O–H groups in total. The van der Waals surface area contributed by atoms with Crippen LogP contribution in [-0.2, 0) is 25.6 Å². The van der Waals surface area contributed by atoms with Crippen LogP contribution in [0.25, 0.3) is 0 Å². The molecule has 1 aromatic carbocycles. The van der Waals surface area contributed by atoms with Crippen molar-refractivity contribution >= 4 is 23.8 Å². The van der Waals surface area contributed by atoms with Gasteiger partial charge in [-0.3, -0.25) is 9.59 Å². The van der Waals surface area contributed by atoms with Crippen LogP contribution >= 0.6 is 0 Å². The molecule has 1 unspecified atom stereocenters. The Morgan fingerprint density at radius 3 is 1.87 bits per heavy atom. The van der Waals surface area contributed by atoms with Gasteiger partial charge in [0, 0.05) is 0 Å². The first kappa shape index (κ1) is 26.9. The second-order valence-corrected chi connectivity index (χ2v) is 6.67. The lowest BCUT2D eigenvalue weighted by atomic mass is 9.89. The Labute approximate surface area is 169 Å². The number of carboxylic acid groups (broad SMARTS) is 3. The fourth-order valence-corrected chi connectivity index (χ4v) is 2.22. The van der Waals surface area contributed by atoms with Gasteiger partial charge >= 0.3 is 24.1 Å². The fraction of sp³-hybridized carbons (Fsp3) is 0.444. The predicted octanol–water partition coefficient (Wildman–Crippen LogP) is 1.26. The maximum Gasteiger partial charge on any atom is 0.490 e. The molecule has 0 spiro atoms. The minimum absolute atomic E-state index is 0.235. The van der Waals surface area contributed by atoms with E-state index in [4.69, 9.17) is 20.7 Å². The fourth-order valence-electron chi connectivity index (χ4n) is 2.22. The number of benzene rings is 1. The number of halogens is 3. The van der Waals surface area contributed by atoms with Gasteiger partial charge in [0.2, 0.25) is 5.91 Å². The number of aliphatic carboxylic acids is 3. The highest BCUT2D eigenvalue weighted by molar-refractivity contribution is 5.89. The summed E-state index contributed by atoms with van der Waals surface area (Å²) in [6, 6.07) is 8.18. The summed E-state index contributed by atoms with van der Waals surface area (Å²) in [5, 5.41) is 27.8. The first-order valence-corrected chi connectivity index (χ1v) is 8.48. The molecule has 0 aromatic heterocycles. The maximum atomic E-state index is 12.2. The summed E-state index contributed by atoms with van der Waals surface area (Å²) in [6.45, 7) is 2.67. The lowest BCUT2D eigenvalue weighted by Crippen LogP contribution is -2.57. The van der Waals surface area contributed by atoms with Crippen LogP contribution in [0.4, 0.5) is 13.2 Å². The molecule has 1 aromatic rings. The number of alkyl halides is 3. The molecular weight excluding hydrogens is 413 g/mol. The molecule has 0 radical (unpaired) electrons. The van der Waals surface area contributed by atoms with E-state index in [1.54, 1.807) is 0 Å². The quantitative estimate of drug-likeness (QED) is 0.406. The molecule has 0 bridgehead atoms. The molecule has 30 heavy (non-hydrogen) atoms. The second-order valence-electron chi connectivity index (χ2n) is 6.67. The summed E-state index contributed by atoms with van der Waals surface area (Å²) in [7, 11) is 0. The van der Waals surface area contributed by atoms with Crippen molar-refractivity contribution in [3.8, 4) is 0 Å². The molecule has 168 valence electrons. The van der Waals surface area contributed by atoms with E-state index in [1.165, 1.54) is 13.8 Å². The minimum atomic E-state index is -5.08. The van der Waals surface area contributed by atoms with Gasteiger partial charge in [-0.15, -0.1) is 0 Å². The number of nitrogens with one attached hydrogen (secondary N) is 1. The van der Waals surface area contributed by atoms with Crippen molar-refractivity contribution in [1.29, 1.82) is 0 Å². The number of carbonyl (C=O) groups is 4. The molecule has 1 rings (SSSR count). The Morgan fingerprint density at radius 2 is 1.50 bits per heavy atom. The topological polar surface area (TPSA) is 167 Å². The minimum Gasteiger partial charge on any atom is -0.481 e. The molecule has 0 fully saturated rings. The van der Waals surface area contributed by atoms with E-state index in [0.29, 0.717) is 0 Å². The van der Waals surface area contributed by atoms with E-state index in [1.807, 2.05) is 30.3 Å². The summed E-state index contributed by atoms with van der Waals surface area (Å²) in [4.78, 5) is 43.4. The molecule has 0 aliphatic rings. The normalized spacial score (nSPS) is 14.9. The molecule has 12 heteroatoms. The van der Waals surface area contributed by atoms with Crippen LogP contribution in [0.15, 0.2) is 30.3 Å². The molecule has 0 aliphatic heterocycles. The van der Waals surface area contributed by atoms with Crippen LogP contribution in [0.5, 0.6) is 0 Å². The van der Waals surface area contributed by atoms with E-state index < -0.39 is 47.5 Å². The van der Waals surface area contributed by atoms with Crippen LogP contribution in [0.2, 0.25) is 0 Å². The second kappa shape index (κ2) is 11.1. The molecule has 0 saturated carbocycles. The third kappa shape index (κ3) is 9.37. The van der Waals surface area contributed by atoms with Crippen molar-refractivity contribution < 1.29 is 47.7 Å². The average Bonchev–Trinajstić information content (AvgIpc) is 2.61. The maximum absolute atomic E-state index is 12.2. The van der Waals surface area contributed by atoms with E-state index in [0.717, 1.165) is 5.56 Å². The van der Waals surface area contributed by atoms with Crippen molar-refractivity contribution in [2.45, 2.75) is 44.4 Å². The molecule has 0 saturated heterocycles. The number of carbonyl (C=O) groups excluding carboxylic acids is 1. The van der Waals surface area contributed by atoms with Gasteiger partial charge in [0.1, 0.15) is 5.54 Å². The molecule has 1 amide bonds. The number of hydrogen-bond donors (Lipinski definition) is 5. The van der Waals surface area contributed by atoms with Crippen LogP contribution in [0.1, 0.15) is 25.8 Å². The largest absolute Gasteiger partial charge is 0.490 e. The summed E-state index contributed by atoms with van der Waals surface area (Å²) in [5.41, 5.74) is 4.99. The van der Waals surface area contributed by atoms with Gasteiger partial charge in [-0.2, -0.15) is 13.2 Å². The van der Waals surface area contributed by atoms with Crippen molar-refractivity contribution in [2.24, 2.45) is 11.7 Å². The highest BCUT2D eigenvalue weighted by atomic mass is 19.4. The van der Waals surface area contributed by atoms with Gasteiger partial charge in [0.05, 0.1) is 12.0 Å². The zero-order valence-electron chi connectivity index (χ0n) is 16.1. The van der Waals surface area contributed by atoms with E-state index in [-0.39, 0.29) is 12.8 Å². The summed E-state index contributed by atoms with van der Waals surface area (Å²) in [5.74, 6) is -6.73. The first-order chi connectivity index (χ1) is 13.6. The van der Waals surface area contributed by atoms with Crippen LogP contribution < -0.4 is 11.1 Å². The van der Waals surface area contributed by atoms with Crippen molar-refractivity contribution in [3.63, 3.8) is 0 Å². The zero-order valence-corrected chi connectivity index (χ0v) is 16.1. The van der Waals surface area contributed by atoms with Gasteiger partial charge in [-0.1, -0.05) is 37.3 Å². The first-order valence-electron chi connectivity index (χ1n) is 8.48. The summed E-state index contributed by atoms with van der Waals surface area (Å²) >= 11 is 0. The number of hydrogen-bond acceptors (Lipinski definition) is 5. The lowest BCUT2D eigenvalue weighted by Gasteiger charge is -2.29. The van der Waals surface area contributed by atoms with Gasteiger partial charge in [-0.05, 0) is 25.3 Å². The van der Waals surface area contributed by atoms with E-state index >= 15 is 0 Å². The van der Waals surface area contributed by atoms with Crippen LogP contribution in [-0.4, -0.2) is 56.9 Å². The monoisotopic (exact) mass is 436 g/mol. The Bertz CT molecular complexity index is 756. The molecule has 0 heterocycles. The third-order valence-corrected chi connectivity index (χ3v) is 3.88. The Hall–Kier alpha value is -3.15. The smallest absolute Gasteiger partial charge is 0.481 e. The Kier molecular flexibility index (Phi) is 9.97. The van der Waals surface area contributed by atoms with Gasteiger partial charge < -0.3 is 26.4 Å². The molecular formula is C18H23F3N2O7. The average molecular weight is 436 g/mol. The summed E-state index contributed by atoms with van der Waals surface area (Å²) < 4.78 is 31.7. The Morgan fingerprint density at radius 1 is 1.03 bits per heavy atom. The van der Waals surface area contributed by atoms with Gasteiger partial charge in [0.15, 0.2) is 0 Å². The molecule has 0 aliphatic carbocycles. The predicted molar refractivity (Wildman–Crippen MR) is 97.4 cm³/mol. The van der Waals surface area contributed by atoms with Crippen molar-refractivity contribution in [1.82, 2.24) is 5.32 Å². The standard InChI is InChI=1S/C16H22N2O5.C2HF3O2/c1-10(14(20)21)9-16(2,15(22)23)18-13(19)12(17)8-11-6-4-3-5-7-11;3-2(4,5)1(6)7/h3-7,10,12H,8-9,17H2,1-2H3,(H,18,19)(H,20,21)(H,22,23);(H,6,7)/t10?,12-,16-;/m1./s1. The lowest BCUT2D eigenvalue weighted by molar-refractivity contribution is -0.192. The molecule has 9 nitrogen and oxygen atoms in total. The highest BCUT2D eigenvalue weighted by Crippen LogP contribution is 2.18. The van der Waals surface area contributed by atoms with Crippen molar-refractivity contribution in [3.05, 3.63) is 35.9 Å². The number of nitrogens with two attached hydrogens (primary N) is 1.